The van der Waals surface area contributed by atoms with E-state index in [9.17, 15) is 24.3 Å². The Balaban J connectivity index is 2.44. The van der Waals surface area contributed by atoms with Crippen molar-refractivity contribution in [3.63, 3.8) is 0 Å². The molecule has 1 N–H and O–H groups in total. The number of aliphatic hydroxyl groups excluding tert-OH is 1. The van der Waals surface area contributed by atoms with Crippen molar-refractivity contribution in [1.82, 2.24) is 9.55 Å². The highest BCUT2D eigenvalue weighted by molar-refractivity contribution is 6.08. The van der Waals surface area contributed by atoms with Gasteiger partial charge in [0.25, 0.3) is 0 Å². The van der Waals surface area contributed by atoms with Gasteiger partial charge in [-0.2, -0.15) is 18.7 Å². The molecule has 1 aromatic rings. The zero-order valence-electron chi connectivity index (χ0n) is 23.3. The topological polar surface area (TPSA) is 156 Å². The van der Waals surface area contributed by atoms with E-state index in [1.165, 1.54) is 62.3 Å². The van der Waals surface area contributed by atoms with E-state index in [0.29, 0.717) is 9.47 Å². The third-order valence-corrected chi connectivity index (χ3v) is 4.59. The maximum Gasteiger partial charge on any atom is 0.509 e. The standard InChI is InChI=1S/C24H35F2N3O10/c1-21(2,3)37-18(32)29(19(33)38-22(4,5)6)14-10-11-28(17(31)27-14)16-24(25,26)15(13(12-30)35-16)36-20(34)39-23(7,8)9/h10-11,13,15-16,30H,12H2,1-9H3/t13?,15-,16?/m0/s1. The second-order valence-electron chi connectivity index (χ2n) is 11.7. The lowest BCUT2D eigenvalue weighted by atomic mass is 10.1. The Morgan fingerprint density at radius 3 is 1.90 bits per heavy atom. The Labute approximate surface area is 223 Å². The van der Waals surface area contributed by atoms with Gasteiger partial charge in [0.1, 0.15) is 22.9 Å². The summed E-state index contributed by atoms with van der Waals surface area (Å²) in [6, 6.07) is 0.921. The van der Waals surface area contributed by atoms with Gasteiger partial charge in [0.15, 0.2) is 5.82 Å². The Kier molecular flexibility index (Phi) is 9.03. The van der Waals surface area contributed by atoms with Crippen LogP contribution in [0.4, 0.5) is 29.0 Å². The number of carbonyl (C=O) groups excluding carboxylic acids is 3. The molecular weight excluding hydrogens is 528 g/mol. The summed E-state index contributed by atoms with van der Waals surface area (Å²) in [6.45, 7) is 12.7. The maximum atomic E-state index is 15.3. The van der Waals surface area contributed by atoms with Crippen LogP contribution < -0.4 is 10.6 Å². The molecule has 1 aromatic heterocycles. The molecule has 1 aliphatic rings. The maximum absolute atomic E-state index is 15.3. The van der Waals surface area contributed by atoms with Crippen LogP contribution in [0.15, 0.2) is 17.1 Å². The molecule has 0 bridgehead atoms. The van der Waals surface area contributed by atoms with Gasteiger partial charge >= 0.3 is 30.0 Å². The van der Waals surface area contributed by atoms with Crippen molar-refractivity contribution >= 4 is 24.2 Å². The minimum absolute atomic E-state index is 0.348. The fourth-order valence-electron chi connectivity index (χ4n) is 3.22. The fraction of sp³-hybridized carbons (Fsp3) is 0.708. The Bertz CT molecular complexity index is 1110. The first kappa shape index (κ1) is 31.9. The molecule has 1 fully saturated rings. The summed E-state index contributed by atoms with van der Waals surface area (Å²) in [5.74, 6) is -4.60. The summed E-state index contributed by atoms with van der Waals surface area (Å²) in [7, 11) is 0. The summed E-state index contributed by atoms with van der Waals surface area (Å²) >= 11 is 0. The van der Waals surface area contributed by atoms with Crippen molar-refractivity contribution in [1.29, 1.82) is 0 Å². The number of nitrogens with zero attached hydrogens (tertiary/aromatic N) is 3. The zero-order chi connectivity index (χ0) is 30.1. The van der Waals surface area contributed by atoms with Crippen LogP contribution in [0.25, 0.3) is 0 Å². The number of ether oxygens (including phenoxy) is 5. The molecule has 0 spiro atoms. The number of halogens is 2. The molecule has 2 amide bonds. The molecule has 39 heavy (non-hydrogen) atoms. The number of anilines is 1. The van der Waals surface area contributed by atoms with Crippen LogP contribution in [0.3, 0.4) is 0 Å². The second kappa shape index (κ2) is 11.0. The minimum Gasteiger partial charge on any atom is -0.443 e. The molecule has 1 saturated heterocycles. The third-order valence-electron chi connectivity index (χ3n) is 4.59. The van der Waals surface area contributed by atoms with Gasteiger partial charge < -0.3 is 28.8 Å². The van der Waals surface area contributed by atoms with Gasteiger partial charge in [-0.25, -0.2) is 19.2 Å². The van der Waals surface area contributed by atoms with Crippen molar-refractivity contribution in [2.45, 2.75) is 103 Å². The van der Waals surface area contributed by atoms with Crippen LogP contribution in [-0.4, -0.2) is 74.5 Å². The number of imide groups is 1. The van der Waals surface area contributed by atoms with Crippen LogP contribution in [-0.2, 0) is 23.7 Å². The Morgan fingerprint density at radius 2 is 1.49 bits per heavy atom. The number of aromatic nitrogens is 2. The monoisotopic (exact) mass is 563 g/mol. The van der Waals surface area contributed by atoms with Crippen LogP contribution in [0.2, 0.25) is 0 Å². The van der Waals surface area contributed by atoms with E-state index in [-0.39, 0.29) is 0 Å². The lowest BCUT2D eigenvalue weighted by molar-refractivity contribution is -0.149. The van der Waals surface area contributed by atoms with Gasteiger partial charge in [0, 0.05) is 6.20 Å². The highest BCUT2D eigenvalue weighted by Crippen LogP contribution is 2.44. The van der Waals surface area contributed by atoms with Crippen molar-refractivity contribution in [3.8, 4) is 0 Å². The van der Waals surface area contributed by atoms with E-state index in [1.54, 1.807) is 0 Å². The van der Waals surface area contributed by atoms with Crippen LogP contribution in [0.5, 0.6) is 0 Å². The van der Waals surface area contributed by atoms with Crippen molar-refractivity contribution in [3.05, 3.63) is 22.7 Å². The average Bonchev–Trinajstić information content (AvgIpc) is 2.94. The molecule has 0 aliphatic carbocycles. The van der Waals surface area contributed by atoms with E-state index in [1.807, 2.05) is 0 Å². The van der Waals surface area contributed by atoms with Gasteiger partial charge in [-0.3, -0.25) is 4.57 Å². The molecule has 0 aromatic carbocycles. The summed E-state index contributed by atoms with van der Waals surface area (Å²) in [4.78, 5) is 54.4. The van der Waals surface area contributed by atoms with E-state index < -0.39 is 77.6 Å². The molecule has 1 aliphatic heterocycles. The second-order valence-corrected chi connectivity index (χ2v) is 11.7. The summed E-state index contributed by atoms with van der Waals surface area (Å²) in [5, 5.41) is 9.57. The average molecular weight is 564 g/mol. The molecule has 13 nitrogen and oxygen atoms in total. The van der Waals surface area contributed by atoms with Crippen molar-refractivity contribution < 1.29 is 52.0 Å². The van der Waals surface area contributed by atoms with E-state index >= 15 is 8.78 Å². The minimum atomic E-state index is -4.03. The van der Waals surface area contributed by atoms with E-state index in [2.05, 4.69) is 4.98 Å². The highest BCUT2D eigenvalue weighted by Gasteiger charge is 2.62. The Morgan fingerprint density at radius 1 is 1.00 bits per heavy atom. The first-order chi connectivity index (χ1) is 17.6. The molecule has 15 heteroatoms. The van der Waals surface area contributed by atoms with Crippen LogP contribution >= 0.6 is 0 Å². The molecule has 2 heterocycles. The lowest BCUT2D eigenvalue weighted by Gasteiger charge is -2.28. The number of rotatable bonds is 4. The number of aliphatic hydroxyl groups is 1. The van der Waals surface area contributed by atoms with Crippen molar-refractivity contribution in [2.24, 2.45) is 0 Å². The molecule has 220 valence electrons. The number of amides is 2. The predicted octanol–water partition coefficient (Wildman–Crippen LogP) is 3.77. The number of alkyl halides is 2. The van der Waals surface area contributed by atoms with Gasteiger partial charge in [0.2, 0.25) is 12.3 Å². The quantitative estimate of drug-likeness (QED) is 0.420. The zero-order valence-corrected chi connectivity index (χ0v) is 23.3. The molecule has 3 atom stereocenters. The van der Waals surface area contributed by atoms with E-state index in [4.69, 9.17) is 23.7 Å². The van der Waals surface area contributed by atoms with Gasteiger partial charge in [-0.05, 0) is 68.4 Å². The van der Waals surface area contributed by atoms with Gasteiger partial charge in [0.05, 0.1) is 6.61 Å². The fourth-order valence-corrected chi connectivity index (χ4v) is 3.22. The summed E-state index contributed by atoms with van der Waals surface area (Å²) in [6.07, 6.45) is -9.48. The lowest BCUT2D eigenvalue weighted by Crippen LogP contribution is -2.46. The smallest absolute Gasteiger partial charge is 0.443 e. The molecule has 2 rings (SSSR count). The Hall–Kier alpha value is -3.33. The normalized spacial score (nSPS) is 21.2. The first-order valence-corrected chi connectivity index (χ1v) is 11.9. The number of hydrogen-bond acceptors (Lipinski definition) is 11. The summed E-state index contributed by atoms with van der Waals surface area (Å²) < 4.78 is 56.3. The summed E-state index contributed by atoms with van der Waals surface area (Å²) in [5.41, 5.74) is -4.50. The van der Waals surface area contributed by atoms with Crippen LogP contribution in [0, 0.1) is 0 Å². The van der Waals surface area contributed by atoms with Crippen molar-refractivity contribution in [2.75, 3.05) is 11.5 Å². The molecule has 0 saturated carbocycles. The number of carbonyl (C=O) groups is 3. The third kappa shape index (κ3) is 8.33. The van der Waals surface area contributed by atoms with Gasteiger partial charge in [-0.1, -0.05) is 0 Å². The molecule has 2 unspecified atom stereocenters. The SMILES string of the molecule is CC(C)(C)OC(=O)O[C@H]1C(CO)OC(n2ccc(N(C(=O)OC(C)(C)C)C(=O)OC(C)(C)C)nc2=O)C1(F)F. The van der Waals surface area contributed by atoms with Crippen LogP contribution in [0.1, 0.15) is 68.5 Å². The molecule has 0 radical (unpaired) electrons. The number of hydrogen-bond donors (Lipinski definition) is 1. The predicted molar refractivity (Wildman–Crippen MR) is 130 cm³/mol. The van der Waals surface area contributed by atoms with E-state index in [0.717, 1.165) is 12.3 Å². The largest absolute Gasteiger partial charge is 0.509 e. The molecular formula is C24H35F2N3O10. The van der Waals surface area contributed by atoms with Gasteiger partial charge in [-0.15, -0.1) is 0 Å². The highest BCUT2D eigenvalue weighted by atomic mass is 19.3. The first-order valence-electron chi connectivity index (χ1n) is 11.9.